The lowest BCUT2D eigenvalue weighted by Crippen LogP contribution is -2.58. The van der Waals surface area contributed by atoms with E-state index >= 15 is 0 Å². The Morgan fingerprint density at radius 1 is 1.37 bits per heavy atom. The lowest BCUT2D eigenvalue weighted by Gasteiger charge is -2.42. The molecule has 4 heteroatoms. The second kappa shape index (κ2) is 5.21. The molecule has 1 aromatic rings. The van der Waals surface area contributed by atoms with Crippen molar-refractivity contribution >= 4 is 11.6 Å². The average Bonchev–Trinajstić information content (AvgIpc) is 2.70. The van der Waals surface area contributed by atoms with Crippen LogP contribution in [0, 0.1) is 12.8 Å². The van der Waals surface area contributed by atoms with Gasteiger partial charge < -0.3 is 15.4 Å². The van der Waals surface area contributed by atoms with E-state index in [-0.39, 0.29) is 5.54 Å². The van der Waals surface area contributed by atoms with Crippen LogP contribution in [-0.4, -0.2) is 31.8 Å². The van der Waals surface area contributed by atoms with Crippen LogP contribution in [0.15, 0.2) is 29.3 Å². The van der Waals surface area contributed by atoms with Gasteiger partial charge in [-0.25, -0.2) is 0 Å². The lowest BCUT2D eigenvalue weighted by atomic mass is 9.85. The zero-order valence-corrected chi connectivity index (χ0v) is 12.2. The Morgan fingerprint density at radius 3 is 2.53 bits per heavy atom. The minimum absolute atomic E-state index is 0.186. The maximum atomic E-state index is 6.11. The summed E-state index contributed by atoms with van der Waals surface area (Å²) in [5, 5.41) is 0. The topological polar surface area (TPSA) is 50.9 Å². The van der Waals surface area contributed by atoms with Gasteiger partial charge in [0.2, 0.25) is 0 Å². The fraction of sp³-hybridized carbons (Fsp3) is 0.533. The normalized spacial score (nSPS) is 23.0. The minimum atomic E-state index is -0.186. The van der Waals surface area contributed by atoms with Gasteiger partial charge in [-0.05, 0) is 25.0 Å². The number of nitrogens with zero attached hydrogens (tertiary/aromatic N) is 2. The first-order chi connectivity index (χ1) is 9.01. The van der Waals surface area contributed by atoms with Crippen molar-refractivity contribution in [2.75, 3.05) is 25.2 Å². The summed E-state index contributed by atoms with van der Waals surface area (Å²) in [5.41, 5.74) is 8.24. The summed E-state index contributed by atoms with van der Waals surface area (Å²) in [6, 6.07) is 8.38. The van der Waals surface area contributed by atoms with Gasteiger partial charge in [0, 0.05) is 12.8 Å². The number of guanidine groups is 1. The molecule has 0 bridgehead atoms. The number of nitrogens with two attached hydrogens (primary N) is 1. The van der Waals surface area contributed by atoms with Crippen LogP contribution in [0.4, 0.5) is 5.69 Å². The van der Waals surface area contributed by atoms with Crippen molar-refractivity contribution in [1.29, 1.82) is 0 Å². The summed E-state index contributed by atoms with van der Waals surface area (Å²) in [7, 11) is 1.73. The predicted octanol–water partition coefficient (Wildman–Crippen LogP) is 2.17. The summed E-state index contributed by atoms with van der Waals surface area (Å²) < 4.78 is 5.44. The molecule has 0 fully saturated rings. The summed E-state index contributed by atoms with van der Waals surface area (Å²) in [6.45, 7) is 7.75. The van der Waals surface area contributed by atoms with Gasteiger partial charge in [-0.3, -0.25) is 4.99 Å². The molecular weight excluding hydrogens is 238 g/mol. The summed E-state index contributed by atoms with van der Waals surface area (Å²) >= 11 is 0. The number of rotatable bonds is 4. The van der Waals surface area contributed by atoms with Gasteiger partial charge in [0.15, 0.2) is 5.96 Å². The van der Waals surface area contributed by atoms with Crippen LogP contribution < -0.4 is 10.6 Å². The molecule has 4 nitrogen and oxygen atoms in total. The standard InChI is InChI=1S/C15H23N3O/c1-11(2)15(10-19-4)9-17-14(16)18(15)13-7-5-12(3)6-8-13/h5-8,11H,9-10H2,1-4H3,(H2,16,17). The monoisotopic (exact) mass is 261 g/mol. The molecule has 0 aromatic heterocycles. The highest BCUT2D eigenvalue weighted by Gasteiger charge is 2.45. The van der Waals surface area contributed by atoms with Crippen LogP contribution in [0.5, 0.6) is 0 Å². The van der Waals surface area contributed by atoms with E-state index in [1.54, 1.807) is 7.11 Å². The fourth-order valence-corrected chi connectivity index (χ4v) is 2.64. The van der Waals surface area contributed by atoms with E-state index in [1.807, 2.05) is 0 Å². The molecule has 1 aromatic carbocycles. The van der Waals surface area contributed by atoms with Gasteiger partial charge in [0.1, 0.15) is 0 Å². The van der Waals surface area contributed by atoms with E-state index in [9.17, 15) is 0 Å². The first kappa shape index (κ1) is 13.9. The van der Waals surface area contributed by atoms with Crippen LogP contribution in [0.2, 0.25) is 0 Å². The van der Waals surface area contributed by atoms with Crippen molar-refractivity contribution < 1.29 is 4.74 Å². The molecule has 2 rings (SSSR count). The van der Waals surface area contributed by atoms with Gasteiger partial charge in [-0.1, -0.05) is 31.5 Å². The Morgan fingerprint density at radius 2 is 2.00 bits per heavy atom. The fourth-order valence-electron chi connectivity index (χ4n) is 2.64. The third kappa shape index (κ3) is 2.32. The molecule has 19 heavy (non-hydrogen) atoms. The molecule has 0 saturated carbocycles. The number of aryl methyl sites for hydroxylation is 1. The second-order valence-corrected chi connectivity index (χ2v) is 5.54. The van der Waals surface area contributed by atoms with Gasteiger partial charge in [-0.2, -0.15) is 0 Å². The van der Waals surface area contributed by atoms with Crippen LogP contribution in [0.1, 0.15) is 19.4 Å². The molecule has 0 radical (unpaired) electrons. The van der Waals surface area contributed by atoms with E-state index in [0.29, 0.717) is 25.0 Å². The highest BCUT2D eigenvalue weighted by Crippen LogP contribution is 2.34. The molecule has 1 atom stereocenters. The van der Waals surface area contributed by atoms with Crippen LogP contribution in [0.25, 0.3) is 0 Å². The number of hydrogen-bond donors (Lipinski definition) is 1. The van der Waals surface area contributed by atoms with Gasteiger partial charge in [-0.15, -0.1) is 0 Å². The van der Waals surface area contributed by atoms with E-state index < -0.39 is 0 Å². The predicted molar refractivity (Wildman–Crippen MR) is 79.6 cm³/mol. The van der Waals surface area contributed by atoms with Crippen molar-refractivity contribution in [3.8, 4) is 0 Å². The Kier molecular flexibility index (Phi) is 3.80. The first-order valence-corrected chi connectivity index (χ1v) is 6.67. The van der Waals surface area contributed by atoms with Crippen molar-refractivity contribution in [3.63, 3.8) is 0 Å². The molecule has 0 amide bonds. The quantitative estimate of drug-likeness (QED) is 0.903. The molecular formula is C15H23N3O. The zero-order valence-electron chi connectivity index (χ0n) is 12.2. The lowest BCUT2D eigenvalue weighted by molar-refractivity contribution is 0.115. The molecule has 1 unspecified atom stereocenters. The largest absolute Gasteiger partial charge is 0.382 e. The summed E-state index contributed by atoms with van der Waals surface area (Å²) in [5.74, 6) is 0.966. The smallest absolute Gasteiger partial charge is 0.196 e. The van der Waals surface area contributed by atoms with Crippen molar-refractivity contribution in [2.45, 2.75) is 26.3 Å². The Bertz CT molecular complexity index is 467. The Balaban J connectivity index is 2.43. The Labute approximate surface area is 115 Å². The number of benzene rings is 1. The molecule has 0 aliphatic carbocycles. The maximum absolute atomic E-state index is 6.11. The van der Waals surface area contributed by atoms with Crippen molar-refractivity contribution in [3.05, 3.63) is 29.8 Å². The summed E-state index contributed by atoms with van der Waals surface area (Å²) in [4.78, 5) is 6.58. The van der Waals surface area contributed by atoms with E-state index in [1.165, 1.54) is 5.56 Å². The van der Waals surface area contributed by atoms with Gasteiger partial charge in [0.05, 0.1) is 18.7 Å². The number of hydrogen-bond acceptors (Lipinski definition) is 4. The zero-order chi connectivity index (χ0) is 14.0. The first-order valence-electron chi connectivity index (χ1n) is 6.67. The molecule has 2 N–H and O–H groups in total. The van der Waals surface area contributed by atoms with Crippen molar-refractivity contribution in [2.24, 2.45) is 16.6 Å². The van der Waals surface area contributed by atoms with Crippen LogP contribution in [0.3, 0.4) is 0 Å². The average molecular weight is 261 g/mol. The molecule has 1 aliphatic rings. The molecule has 104 valence electrons. The van der Waals surface area contributed by atoms with Crippen molar-refractivity contribution in [1.82, 2.24) is 0 Å². The highest BCUT2D eigenvalue weighted by molar-refractivity contribution is 5.98. The molecule has 0 spiro atoms. The Hall–Kier alpha value is -1.55. The maximum Gasteiger partial charge on any atom is 0.196 e. The second-order valence-electron chi connectivity index (χ2n) is 5.54. The number of aliphatic imine (C=N–C) groups is 1. The highest BCUT2D eigenvalue weighted by atomic mass is 16.5. The third-order valence-electron chi connectivity index (χ3n) is 3.95. The summed E-state index contributed by atoms with van der Waals surface area (Å²) in [6.07, 6.45) is 0. The minimum Gasteiger partial charge on any atom is -0.382 e. The van der Waals surface area contributed by atoms with Crippen LogP contribution in [-0.2, 0) is 4.74 Å². The van der Waals surface area contributed by atoms with Gasteiger partial charge in [0.25, 0.3) is 0 Å². The van der Waals surface area contributed by atoms with E-state index in [4.69, 9.17) is 10.5 Å². The molecule has 1 aliphatic heterocycles. The number of ether oxygens (including phenoxy) is 1. The number of anilines is 1. The number of methoxy groups -OCH3 is 1. The van der Waals surface area contributed by atoms with E-state index in [2.05, 4.69) is 54.9 Å². The SMILES string of the molecule is COCC1(C(C)C)CN=C(N)N1c1ccc(C)cc1. The van der Waals surface area contributed by atoms with E-state index in [0.717, 1.165) is 5.69 Å². The molecule has 0 saturated heterocycles. The molecule has 1 heterocycles. The third-order valence-corrected chi connectivity index (χ3v) is 3.95. The van der Waals surface area contributed by atoms with Crippen LogP contribution >= 0.6 is 0 Å². The van der Waals surface area contributed by atoms with Gasteiger partial charge >= 0.3 is 0 Å².